The third kappa shape index (κ3) is 4.10. The molecule has 1 saturated heterocycles. The van der Waals surface area contributed by atoms with Crippen LogP contribution < -0.4 is 9.64 Å². The molecular weight excluding hydrogens is 316 g/mol. The quantitative estimate of drug-likeness (QED) is 0.843. The van der Waals surface area contributed by atoms with Gasteiger partial charge in [-0.15, -0.1) is 0 Å². The van der Waals surface area contributed by atoms with Crippen molar-refractivity contribution in [1.82, 2.24) is 24.6 Å². The molecule has 25 heavy (non-hydrogen) atoms. The minimum absolute atomic E-state index is 0.0641. The SMILES string of the molecule is COc1cncc(N2CCN(Cc3cn(C)nc3C(C)(C)C)CC2)n1. The zero-order valence-corrected chi connectivity index (χ0v) is 15.9. The number of piperazine rings is 1. The van der Waals surface area contributed by atoms with E-state index in [1.54, 1.807) is 19.5 Å². The van der Waals surface area contributed by atoms with Gasteiger partial charge in [0.15, 0.2) is 5.82 Å². The molecule has 136 valence electrons. The van der Waals surface area contributed by atoms with Gasteiger partial charge >= 0.3 is 0 Å². The van der Waals surface area contributed by atoms with E-state index in [0.717, 1.165) is 38.5 Å². The van der Waals surface area contributed by atoms with E-state index in [1.165, 1.54) is 11.3 Å². The first-order valence-corrected chi connectivity index (χ1v) is 8.73. The van der Waals surface area contributed by atoms with Gasteiger partial charge < -0.3 is 9.64 Å². The normalized spacial score (nSPS) is 16.3. The first kappa shape index (κ1) is 17.7. The Hall–Kier alpha value is -2.15. The molecule has 1 aliphatic rings. The van der Waals surface area contributed by atoms with E-state index >= 15 is 0 Å². The lowest BCUT2D eigenvalue weighted by atomic mass is 9.89. The summed E-state index contributed by atoms with van der Waals surface area (Å²) < 4.78 is 7.10. The number of ether oxygens (including phenoxy) is 1. The average Bonchev–Trinajstić information content (AvgIpc) is 2.96. The number of aromatic nitrogens is 4. The van der Waals surface area contributed by atoms with Crippen LogP contribution in [0.5, 0.6) is 5.88 Å². The molecular formula is C18H28N6O. The van der Waals surface area contributed by atoms with Crippen LogP contribution in [0.3, 0.4) is 0 Å². The molecule has 2 aromatic heterocycles. The molecule has 0 bridgehead atoms. The molecule has 7 heteroatoms. The Balaban J connectivity index is 1.63. The Kier molecular flexibility index (Phi) is 4.94. The van der Waals surface area contributed by atoms with E-state index in [1.807, 2.05) is 11.7 Å². The molecule has 3 rings (SSSR count). The number of methoxy groups -OCH3 is 1. The summed E-state index contributed by atoms with van der Waals surface area (Å²) in [7, 11) is 3.62. The van der Waals surface area contributed by atoms with Crippen molar-refractivity contribution < 1.29 is 4.74 Å². The van der Waals surface area contributed by atoms with Crippen LogP contribution in [0.1, 0.15) is 32.0 Å². The molecule has 2 aromatic rings. The van der Waals surface area contributed by atoms with Crippen molar-refractivity contribution in [3.8, 4) is 5.88 Å². The molecule has 1 fully saturated rings. The van der Waals surface area contributed by atoms with E-state index in [0.29, 0.717) is 5.88 Å². The third-order valence-corrected chi connectivity index (χ3v) is 4.51. The number of anilines is 1. The summed E-state index contributed by atoms with van der Waals surface area (Å²) in [4.78, 5) is 13.4. The van der Waals surface area contributed by atoms with E-state index in [-0.39, 0.29) is 5.41 Å². The Morgan fingerprint density at radius 2 is 1.84 bits per heavy atom. The zero-order chi connectivity index (χ0) is 18.0. The fraction of sp³-hybridized carbons (Fsp3) is 0.611. The van der Waals surface area contributed by atoms with Gasteiger partial charge in [-0.1, -0.05) is 20.8 Å². The predicted octanol–water partition coefficient (Wildman–Crippen LogP) is 1.84. The molecule has 0 N–H and O–H groups in total. The highest BCUT2D eigenvalue weighted by molar-refractivity contribution is 5.38. The van der Waals surface area contributed by atoms with Crippen molar-refractivity contribution in [2.24, 2.45) is 7.05 Å². The van der Waals surface area contributed by atoms with Gasteiger partial charge in [0.25, 0.3) is 0 Å². The molecule has 1 aliphatic heterocycles. The summed E-state index contributed by atoms with van der Waals surface area (Å²) >= 11 is 0. The van der Waals surface area contributed by atoms with Gasteiger partial charge in [-0.2, -0.15) is 10.1 Å². The summed E-state index contributed by atoms with van der Waals surface area (Å²) in [5.74, 6) is 1.45. The molecule has 0 unspecified atom stereocenters. The van der Waals surface area contributed by atoms with Gasteiger partial charge in [-0.25, -0.2) is 0 Å². The molecule has 0 radical (unpaired) electrons. The Bertz CT molecular complexity index is 713. The number of nitrogens with zero attached hydrogens (tertiary/aromatic N) is 6. The van der Waals surface area contributed by atoms with Gasteiger partial charge in [0.1, 0.15) is 0 Å². The van der Waals surface area contributed by atoms with Gasteiger partial charge in [-0.3, -0.25) is 14.6 Å². The summed E-state index contributed by atoms with van der Waals surface area (Å²) in [6, 6.07) is 0. The van der Waals surface area contributed by atoms with Crippen LogP contribution >= 0.6 is 0 Å². The smallest absolute Gasteiger partial charge is 0.233 e. The fourth-order valence-corrected chi connectivity index (χ4v) is 3.25. The van der Waals surface area contributed by atoms with Crippen molar-refractivity contribution in [1.29, 1.82) is 0 Å². The molecule has 0 saturated carbocycles. The van der Waals surface area contributed by atoms with Crippen molar-refractivity contribution in [3.63, 3.8) is 0 Å². The summed E-state index contributed by atoms with van der Waals surface area (Å²) in [5, 5.41) is 4.68. The maximum atomic E-state index is 5.17. The largest absolute Gasteiger partial charge is 0.480 e. The van der Waals surface area contributed by atoms with Crippen molar-refractivity contribution in [2.75, 3.05) is 38.2 Å². The molecule has 0 aliphatic carbocycles. The van der Waals surface area contributed by atoms with Crippen LogP contribution in [-0.4, -0.2) is 57.9 Å². The number of hydrogen-bond donors (Lipinski definition) is 0. The third-order valence-electron chi connectivity index (χ3n) is 4.51. The maximum Gasteiger partial charge on any atom is 0.233 e. The molecule has 7 nitrogen and oxygen atoms in total. The first-order valence-electron chi connectivity index (χ1n) is 8.73. The molecule has 0 atom stereocenters. The van der Waals surface area contributed by atoms with Crippen LogP contribution in [0.4, 0.5) is 5.82 Å². The number of rotatable bonds is 4. The lowest BCUT2D eigenvalue weighted by Crippen LogP contribution is -2.46. The predicted molar refractivity (Wildman–Crippen MR) is 98.0 cm³/mol. The van der Waals surface area contributed by atoms with E-state index in [9.17, 15) is 0 Å². The van der Waals surface area contributed by atoms with E-state index in [2.05, 4.69) is 51.8 Å². The summed E-state index contributed by atoms with van der Waals surface area (Å²) in [5.41, 5.74) is 2.58. The standard InChI is InChI=1S/C18H28N6O/c1-18(2,3)17-14(12-22(4)21-17)13-23-6-8-24(9-7-23)15-10-19-11-16(20-15)25-5/h10-12H,6-9,13H2,1-5H3. The lowest BCUT2D eigenvalue weighted by molar-refractivity contribution is 0.247. The van der Waals surface area contributed by atoms with E-state index < -0.39 is 0 Å². The second-order valence-electron chi connectivity index (χ2n) is 7.61. The van der Waals surface area contributed by atoms with Gasteiger partial charge in [0, 0.05) is 56.9 Å². The van der Waals surface area contributed by atoms with Crippen molar-refractivity contribution in [3.05, 3.63) is 29.8 Å². The minimum Gasteiger partial charge on any atom is -0.480 e. The highest BCUT2D eigenvalue weighted by Gasteiger charge is 2.25. The van der Waals surface area contributed by atoms with Gasteiger partial charge in [0.05, 0.1) is 25.2 Å². The fourth-order valence-electron chi connectivity index (χ4n) is 3.25. The molecule has 3 heterocycles. The number of aryl methyl sites for hydroxylation is 1. The first-order chi connectivity index (χ1) is 11.9. The van der Waals surface area contributed by atoms with Crippen molar-refractivity contribution >= 4 is 5.82 Å². The van der Waals surface area contributed by atoms with E-state index in [4.69, 9.17) is 4.74 Å². The second-order valence-corrected chi connectivity index (χ2v) is 7.61. The van der Waals surface area contributed by atoms with Crippen LogP contribution in [0.25, 0.3) is 0 Å². The molecule has 0 amide bonds. The highest BCUT2D eigenvalue weighted by atomic mass is 16.5. The van der Waals surface area contributed by atoms with Crippen LogP contribution in [0.15, 0.2) is 18.6 Å². The van der Waals surface area contributed by atoms with Crippen LogP contribution in [0, 0.1) is 0 Å². The minimum atomic E-state index is 0.0641. The number of hydrogen-bond acceptors (Lipinski definition) is 6. The Morgan fingerprint density at radius 1 is 1.12 bits per heavy atom. The zero-order valence-electron chi connectivity index (χ0n) is 15.9. The monoisotopic (exact) mass is 344 g/mol. The molecule has 0 spiro atoms. The second kappa shape index (κ2) is 7.00. The van der Waals surface area contributed by atoms with Gasteiger partial charge in [-0.05, 0) is 0 Å². The highest BCUT2D eigenvalue weighted by Crippen LogP contribution is 2.25. The summed E-state index contributed by atoms with van der Waals surface area (Å²) in [6.07, 6.45) is 5.59. The topological polar surface area (TPSA) is 59.3 Å². The Morgan fingerprint density at radius 3 is 2.48 bits per heavy atom. The lowest BCUT2D eigenvalue weighted by Gasteiger charge is -2.35. The van der Waals surface area contributed by atoms with Crippen molar-refractivity contribution in [2.45, 2.75) is 32.7 Å². The average molecular weight is 344 g/mol. The molecule has 0 aromatic carbocycles. The Labute approximate surface area is 149 Å². The van der Waals surface area contributed by atoms with Gasteiger partial charge in [0.2, 0.25) is 5.88 Å². The maximum absolute atomic E-state index is 5.17. The van der Waals surface area contributed by atoms with Crippen LogP contribution in [0.2, 0.25) is 0 Å². The summed E-state index contributed by atoms with van der Waals surface area (Å²) in [6.45, 7) is 11.5. The van der Waals surface area contributed by atoms with Crippen LogP contribution in [-0.2, 0) is 19.0 Å².